The summed E-state index contributed by atoms with van der Waals surface area (Å²) in [5.74, 6) is 0.923. The van der Waals surface area contributed by atoms with Gasteiger partial charge in [-0.05, 0) is 19.1 Å². The number of nitrogens with two attached hydrogens (primary N) is 1. The van der Waals surface area contributed by atoms with Crippen LogP contribution in [0.25, 0.3) is 0 Å². The van der Waals surface area contributed by atoms with Gasteiger partial charge in [0.25, 0.3) is 0 Å². The maximum Gasteiger partial charge on any atom is 0.128 e. The summed E-state index contributed by atoms with van der Waals surface area (Å²) in [4.78, 5) is 6.36. The molecule has 70 valence electrons. The van der Waals surface area contributed by atoms with E-state index in [9.17, 15) is 0 Å². The molecule has 0 unspecified atom stereocenters. The van der Waals surface area contributed by atoms with Crippen molar-refractivity contribution in [3.63, 3.8) is 0 Å². The van der Waals surface area contributed by atoms with Crippen LogP contribution in [0.3, 0.4) is 0 Å². The zero-order chi connectivity index (χ0) is 9.84. The van der Waals surface area contributed by atoms with Crippen LogP contribution in [0, 0.1) is 6.92 Å². The molecule has 0 saturated heterocycles. The largest absolute Gasteiger partial charge is 0.397 e. The highest BCUT2D eigenvalue weighted by Crippen LogP contribution is 2.14. The minimum Gasteiger partial charge on any atom is -0.397 e. The topological polar surface area (TPSA) is 42.1 Å². The van der Waals surface area contributed by atoms with Crippen molar-refractivity contribution in [1.82, 2.24) is 4.98 Å². The molecule has 13 heavy (non-hydrogen) atoms. The lowest BCUT2D eigenvalue weighted by atomic mass is 10.3. The molecule has 0 amide bonds. The van der Waals surface area contributed by atoms with E-state index in [0.29, 0.717) is 0 Å². The summed E-state index contributed by atoms with van der Waals surface area (Å²) >= 11 is 0. The Labute approximate surface area is 78.9 Å². The lowest BCUT2D eigenvalue weighted by Crippen LogP contribution is -2.18. The highest BCUT2D eigenvalue weighted by Gasteiger charge is 2.01. The second-order valence-corrected chi connectivity index (χ2v) is 3.01. The standard InChI is InChI=1S/C10H15N3/c1-4-7-13(3)10-6-5-9(11)8(2)12-10/h4-6H,1,7,11H2,2-3H3. The van der Waals surface area contributed by atoms with Crippen LogP contribution >= 0.6 is 0 Å². The van der Waals surface area contributed by atoms with Crippen LogP contribution in [-0.4, -0.2) is 18.6 Å². The van der Waals surface area contributed by atoms with E-state index in [1.165, 1.54) is 0 Å². The molecule has 0 aromatic carbocycles. The molecule has 1 aromatic rings. The Hall–Kier alpha value is -1.51. The third-order valence-corrected chi connectivity index (χ3v) is 1.91. The molecule has 1 aromatic heterocycles. The lowest BCUT2D eigenvalue weighted by Gasteiger charge is -2.16. The fourth-order valence-corrected chi connectivity index (χ4v) is 1.06. The van der Waals surface area contributed by atoms with Crippen LogP contribution in [-0.2, 0) is 0 Å². The number of pyridine rings is 1. The van der Waals surface area contributed by atoms with Gasteiger partial charge in [-0.2, -0.15) is 0 Å². The van der Waals surface area contributed by atoms with E-state index in [2.05, 4.69) is 11.6 Å². The van der Waals surface area contributed by atoms with Gasteiger partial charge >= 0.3 is 0 Å². The monoisotopic (exact) mass is 177 g/mol. The van der Waals surface area contributed by atoms with Gasteiger partial charge in [-0.1, -0.05) is 6.08 Å². The molecular weight excluding hydrogens is 162 g/mol. The predicted octanol–water partition coefficient (Wildman–Crippen LogP) is 1.59. The number of nitrogens with zero attached hydrogens (tertiary/aromatic N) is 2. The Bertz CT molecular complexity index is 307. The van der Waals surface area contributed by atoms with Crippen molar-refractivity contribution < 1.29 is 0 Å². The van der Waals surface area contributed by atoms with Gasteiger partial charge in [-0.3, -0.25) is 0 Å². The van der Waals surface area contributed by atoms with E-state index >= 15 is 0 Å². The minimum atomic E-state index is 0.732. The van der Waals surface area contributed by atoms with Crippen molar-refractivity contribution in [2.45, 2.75) is 6.92 Å². The highest BCUT2D eigenvalue weighted by molar-refractivity contribution is 5.50. The summed E-state index contributed by atoms with van der Waals surface area (Å²) in [5.41, 5.74) is 7.26. The summed E-state index contributed by atoms with van der Waals surface area (Å²) in [5, 5.41) is 0. The summed E-state index contributed by atoms with van der Waals surface area (Å²) < 4.78 is 0. The van der Waals surface area contributed by atoms with Gasteiger partial charge in [-0.25, -0.2) is 4.98 Å². The van der Waals surface area contributed by atoms with E-state index in [-0.39, 0.29) is 0 Å². The number of anilines is 2. The second-order valence-electron chi connectivity index (χ2n) is 3.01. The third-order valence-electron chi connectivity index (χ3n) is 1.91. The SMILES string of the molecule is C=CCN(C)c1ccc(N)c(C)n1. The first-order chi connectivity index (χ1) is 6.15. The van der Waals surface area contributed by atoms with Crippen molar-refractivity contribution in [2.24, 2.45) is 0 Å². The average Bonchev–Trinajstić information content (AvgIpc) is 2.10. The second kappa shape index (κ2) is 3.94. The van der Waals surface area contributed by atoms with E-state index < -0.39 is 0 Å². The van der Waals surface area contributed by atoms with Gasteiger partial charge in [0.2, 0.25) is 0 Å². The molecule has 0 saturated carbocycles. The minimum absolute atomic E-state index is 0.732. The molecule has 0 spiro atoms. The van der Waals surface area contributed by atoms with E-state index in [4.69, 9.17) is 5.73 Å². The lowest BCUT2D eigenvalue weighted by molar-refractivity contribution is 0.981. The first kappa shape index (κ1) is 9.58. The fourth-order valence-electron chi connectivity index (χ4n) is 1.06. The van der Waals surface area contributed by atoms with Crippen LogP contribution in [0.4, 0.5) is 11.5 Å². The number of likely N-dealkylation sites (N-methyl/N-ethyl adjacent to an activating group) is 1. The smallest absolute Gasteiger partial charge is 0.128 e. The number of aryl methyl sites for hydroxylation is 1. The first-order valence-electron chi connectivity index (χ1n) is 4.20. The van der Waals surface area contributed by atoms with Gasteiger partial charge in [0.1, 0.15) is 5.82 Å². The van der Waals surface area contributed by atoms with Crippen molar-refractivity contribution >= 4 is 11.5 Å². The normalized spacial score (nSPS) is 9.69. The number of hydrogen-bond donors (Lipinski definition) is 1. The molecule has 0 aliphatic heterocycles. The molecule has 0 bridgehead atoms. The summed E-state index contributed by atoms with van der Waals surface area (Å²) in [6.07, 6.45) is 1.84. The Morgan fingerprint density at radius 2 is 2.31 bits per heavy atom. The molecule has 0 fully saturated rings. The van der Waals surface area contributed by atoms with E-state index in [1.54, 1.807) is 0 Å². The molecular formula is C10H15N3. The van der Waals surface area contributed by atoms with Crippen LogP contribution in [0.2, 0.25) is 0 Å². The average molecular weight is 177 g/mol. The highest BCUT2D eigenvalue weighted by atomic mass is 15.2. The van der Waals surface area contributed by atoms with Crippen molar-refractivity contribution in [3.05, 3.63) is 30.5 Å². The summed E-state index contributed by atoms with van der Waals surface area (Å²) in [6, 6.07) is 3.78. The van der Waals surface area contributed by atoms with Gasteiger partial charge in [0.15, 0.2) is 0 Å². The van der Waals surface area contributed by atoms with Crippen molar-refractivity contribution in [3.8, 4) is 0 Å². The van der Waals surface area contributed by atoms with Crippen molar-refractivity contribution in [2.75, 3.05) is 24.2 Å². The number of aromatic nitrogens is 1. The van der Waals surface area contributed by atoms with Crippen LogP contribution in [0.15, 0.2) is 24.8 Å². The molecule has 1 heterocycles. The summed E-state index contributed by atoms with van der Waals surface area (Å²) in [7, 11) is 1.97. The molecule has 2 N–H and O–H groups in total. The molecule has 0 aliphatic carbocycles. The van der Waals surface area contributed by atoms with E-state index in [1.807, 2.05) is 37.1 Å². The Morgan fingerprint density at radius 3 is 2.85 bits per heavy atom. The molecule has 0 radical (unpaired) electrons. The Balaban J connectivity index is 2.89. The van der Waals surface area contributed by atoms with Gasteiger partial charge < -0.3 is 10.6 Å². The Kier molecular flexibility index (Phi) is 2.90. The van der Waals surface area contributed by atoms with Gasteiger partial charge in [-0.15, -0.1) is 6.58 Å². The third kappa shape index (κ3) is 2.21. The molecule has 0 aliphatic rings. The maximum absolute atomic E-state index is 5.66. The molecule has 0 atom stereocenters. The number of rotatable bonds is 3. The molecule has 3 heteroatoms. The van der Waals surface area contributed by atoms with Crippen LogP contribution < -0.4 is 10.6 Å². The maximum atomic E-state index is 5.66. The number of hydrogen-bond acceptors (Lipinski definition) is 3. The fraction of sp³-hybridized carbons (Fsp3) is 0.300. The summed E-state index contributed by atoms with van der Waals surface area (Å²) in [6.45, 7) is 6.36. The van der Waals surface area contributed by atoms with Gasteiger partial charge in [0, 0.05) is 13.6 Å². The zero-order valence-electron chi connectivity index (χ0n) is 8.12. The quantitative estimate of drug-likeness (QED) is 0.713. The van der Waals surface area contributed by atoms with Crippen molar-refractivity contribution in [1.29, 1.82) is 0 Å². The molecule has 3 nitrogen and oxygen atoms in total. The van der Waals surface area contributed by atoms with Gasteiger partial charge in [0.05, 0.1) is 11.4 Å². The van der Waals surface area contributed by atoms with Crippen LogP contribution in [0.1, 0.15) is 5.69 Å². The first-order valence-corrected chi connectivity index (χ1v) is 4.20. The number of nitrogen functional groups attached to an aromatic ring is 1. The zero-order valence-corrected chi connectivity index (χ0v) is 8.12. The molecule has 1 rings (SSSR count). The Morgan fingerprint density at radius 1 is 1.62 bits per heavy atom. The predicted molar refractivity (Wildman–Crippen MR) is 56.9 cm³/mol. The van der Waals surface area contributed by atoms with Crippen LogP contribution in [0.5, 0.6) is 0 Å². The van der Waals surface area contributed by atoms with E-state index in [0.717, 1.165) is 23.7 Å².